The van der Waals surface area contributed by atoms with Gasteiger partial charge in [-0.15, -0.1) is 0 Å². The minimum atomic E-state index is -3.92. The summed E-state index contributed by atoms with van der Waals surface area (Å²) in [5.41, 5.74) is 4.38. The number of carbonyl (C=O) groups excluding carboxylic acids is 1. The molecule has 3 aliphatic heterocycles. The van der Waals surface area contributed by atoms with Crippen molar-refractivity contribution in [3.63, 3.8) is 0 Å². The summed E-state index contributed by atoms with van der Waals surface area (Å²) < 4.78 is 43.7. The Balaban J connectivity index is 1.75. The van der Waals surface area contributed by atoms with Gasteiger partial charge >= 0.3 is 11.9 Å². The molecule has 0 atom stereocenters. The second-order valence-electron chi connectivity index (χ2n) is 15.8. The lowest BCUT2D eigenvalue weighted by Gasteiger charge is -2.43. The van der Waals surface area contributed by atoms with E-state index in [1.807, 2.05) is 51.1 Å². The first kappa shape index (κ1) is 44.0. The number of benzene rings is 3. The second-order valence-corrected chi connectivity index (χ2v) is 19.4. The number of allylic oxidation sites excluding steroid dienone is 1. The van der Waals surface area contributed by atoms with Gasteiger partial charge in [0.15, 0.2) is 5.54 Å². The third kappa shape index (κ3) is 7.67. The largest absolute Gasteiger partial charge is 0.481 e. The number of sulfonamides is 1. The Hall–Kier alpha value is -3.58. The van der Waals surface area contributed by atoms with E-state index < -0.39 is 27.5 Å². The number of nitrogens with zero attached hydrogens (tertiary/aromatic N) is 3. The smallest absolute Gasteiger partial charge is 0.340 e. The van der Waals surface area contributed by atoms with Gasteiger partial charge in [-0.3, -0.25) is 4.79 Å². The zero-order chi connectivity index (χ0) is 42.8. The minimum absolute atomic E-state index is 0.0235. The molecule has 0 saturated carbocycles. The van der Waals surface area contributed by atoms with Crippen molar-refractivity contribution >= 4 is 90.8 Å². The first-order chi connectivity index (χ1) is 27.1. The fraction of sp³-hybridized carbons (Fsp3) is 0.419. The number of carbonyl (C=O) groups is 2. The van der Waals surface area contributed by atoms with Crippen LogP contribution in [0.25, 0.3) is 16.7 Å². The van der Waals surface area contributed by atoms with Crippen LogP contribution in [-0.2, 0) is 19.6 Å². The Morgan fingerprint density at radius 3 is 2.21 bits per heavy atom. The molecule has 3 aromatic carbocycles. The zero-order valence-corrected chi connectivity index (χ0v) is 37.9. The molecule has 0 radical (unpaired) electrons. The van der Waals surface area contributed by atoms with Crippen molar-refractivity contribution in [2.75, 3.05) is 43.9 Å². The molecule has 0 amide bonds. The van der Waals surface area contributed by atoms with Crippen LogP contribution in [0.15, 0.2) is 36.4 Å². The van der Waals surface area contributed by atoms with Gasteiger partial charge in [0.2, 0.25) is 15.4 Å². The van der Waals surface area contributed by atoms with Crippen LogP contribution in [0.1, 0.15) is 101 Å². The lowest BCUT2D eigenvalue weighted by molar-refractivity contribution is -0.137. The van der Waals surface area contributed by atoms with Crippen molar-refractivity contribution < 1.29 is 32.6 Å². The van der Waals surface area contributed by atoms with Crippen molar-refractivity contribution in [3.05, 3.63) is 94.9 Å². The average Bonchev–Trinajstić information content (AvgIpc) is 3.12. The molecule has 0 bridgehead atoms. The van der Waals surface area contributed by atoms with Crippen molar-refractivity contribution in [1.82, 2.24) is 8.88 Å². The molecule has 0 spiro atoms. The molecule has 0 saturated heterocycles. The van der Waals surface area contributed by atoms with Crippen LogP contribution in [0.5, 0.6) is 11.5 Å². The molecule has 3 aliphatic rings. The number of esters is 1. The Morgan fingerprint density at radius 1 is 0.914 bits per heavy atom. The maximum atomic E-state index is 14.0. The van der Waals surface area contributed by atoms with Crippen LogP contribution >= 0.6 is 46.4 Å². The van der Waals surface area contributed by atoms with Gasteiger partial charge in [0.25, 0.3) is 0 Å². The number of anilines is 1. The molecule has 3 heterocycles. The molecule has 0 aromatic heterocycles. The highest BCUT2D eigenvalue weighted by atomic mass is 35.5. The van der Waals surface area contributed by atoms with E-state index in [0.29, 0.717) is 45.5 Å². The summed E-state index contributed by atoms with van der Waals surface area (Å²) in [5.74, 6) is -1.18. The third-order valence-electron chi connectivity index (χ3n) is 11.1. The number of fused-ring (bicyclic) bond motifs is 4. The van der Waals surface area contributed by atoms with E-state index in [-0.39, 0.29) is 68.5 Å². The predicted octanol–water partition coefficient (Wildman–Crippen LogP) is 8.66. The van der Waals surface area contributed by atoms with Gasteiger partial charge in [0.05, 0.1) is 55.2 Å². The fourth-order valence-corrected chi connectivity index (χ4v) is 10.9. The number of likely N-dealkylation sites (N-methyl/N-ethyl adjacent to an activating group) is 2. The van der Waals surface area contributed by atoms with Gasteiger partial charge in [-0.05, 0) is 77.3 Å². The lowest BCUT2D eigenvalue weighted by atomic mass is 9.83. The number of carboxylic acid groups (broad SMARTS) is 1. The van der Waals surface area contributed by atoms with Crippen molar-refractivity contribution in [1.29, 1.82) is 0 Å². The number of hydrogen-bond acceptors (Lipinski definition) is 7. The van der Waals surface area contributed by atoms with Crippen molar-refractivity contribution in [2.45, 2.75) is 79.3 Å². The van der Waals surface area contributed by atoms with Gasteiger partial charge in [0.1, 0.15) is 18.0 Å². The third-order valence-corrected chi connectivity index (χ3v) is 14.7. The molecule has 6 rings (SSSR count). The van der Waals surface area contributed by atoms with Gasteiger partial charge < -0.3 is 19.5 Å². The summed E-state index contributed by atoms with van der Waals surface area (Å²) in [6.07, 6.45) is 4.17. The quantitative estimate of drug-likeness (QED) is 0.0651. The SMILES string of the molecule is CCOC(=O)c1c(Cl)c(Cl)c(Cl)c(Cl)c1C1=c2cc3c(cc2Oc2cc4c(cc21)C(C)=CC(C)(C)N4CC)=[N+](CC)C(C)(C)C=C3CS(=O)(=O)N(C)CCCC(=O)O. The summed E-state index contributed by atoms with van der Waals surface area (Å²) in [7, 11) is -2.46. The Labute approximate surface area is 360 Å². The molecule has 310 valence electrons. The highest BCUT2D eigenvalue weighted by molar-refractivity contribution is 7.89. The Morgan fingerprint density at radius 2 is 1.59 bits per heavy atom. The highest BCUT2D eigenvalue weighted by Crippen LogP contribution is 2.50. The molecular weight excluding hydrogens is 844 g/mol. The molecule has 0 aliphatic carbocycles. The Bertz CT molecular complexity index is 2580. The van der Waals surface area contributed by atoms with E-state index in [9.17, 15) is 18.0 Å². The number of hydrogen-bond donors (Lipinski definition) is 1. The van der Waals surface area contributed by atoms with Crippen molar-refractivity contribution in [2.24, 2.45) is 0 Å². The van der Waals surface area contributed by atoms with E-state index in [2.05, 4.69) is 43.2 Å². The topological polar surface area (TPSA) is 116 Å². The highest BCUT2D eigenvalue weighted by Gasteiger charge is 2.39. The molecular formula is C43H48Cl4N3O7S+. The molecule has 15 heteroatoms. The molecule has 0 fully saturated rings. The van der Waals surface area contributed by atoms with E-state index in [4.69, 9.17) is 61.0 Å². The number of rotatable bonds is 12. The first-order valence-electron chi connectivity index (χ1n) is 19.2. The van der Waals surface area contributed by atoms with Crippen LogP contribution in [0.4, 0.5) is 5.69 Å². The van der Waals surface area contributed by atoms with Crippen LogP contribution in [0.3, 0.4) is 0 Å². The van der Waals surface area contributed by atoms with Gasteiger partial charge in [0, 0.05) is 79.6 Å². The molecule has 0 unspecified atom stereocenters. The van der Waals surface area contributed by atoms with Crippen molar-refractivity contribution in [3.8, 4) is 11.5 Å². The number of carboxylic acids is 1. The van der Waals surface area contributed by atoms with Crippen LogP contribution < -0.4 is 24.8 Å². The maximum absolute atomic E-state index is 14.0. The second kappa shape index (κ2) is 16.1. The summed E-state index contributed by atoms with van der Waals surface area (Å²) in [5, 5.41) is 10.1. The van der Waals surface area contributed by atoms with E-state index >= 15 is 0 Å². The minimum Gasteiger partial charge on any atom is -0.481 e. The standard InChI is InChI=1S/C43H47Cl4N3O7S/c1-10-49-29-18-31-27(16-25(29)23(4)20-42(49,5)6)34(35-36(41(53)56-12-3)38(45)40(47)39(46)37(35)44)28-17-26-24(22-58(54,55)48(9)15-13-14-33(51)52)21-43(7,8)50(11-2)30(26)19-32(28)57-31/h16-21H,10-15,22H2,1-9H3/p+1. The normalized spacial score (nSPS) is 16.5. The van der Waals surface area contributed by atoms with Gasteiger partial charge in [-0.1, -0.05) is 52.5 Å². The fourth-order valence-electron chi connectivity index (χ4n) is 8.57. The van der Waals surface area contributed by atoms with Crippen LogP contribution in [0, 0.1) is 0 Å². The average molecular weight is 893 g/mol. The summed E-state index contributed by atoms with van der Waals surface area (Å²) >= 11 is 27.5. The lowest BCUT2D eigenvalue weighted by Crippen LogP contribution is -2.50. The predicted molar refractivity (Wildman–Crippen MR) is 234 cm³/mol. The first-order valence-corrected chi connectivity index (χ1v) is 22.3. The molecule has 1 N–H and O–H groups in total. The zero-order valence-electron chi connectivity index (χ0n) is 34.1. The van der Waals surface area contributed by atoms with Gasteiger partial charge in [-0.25, -0.2) is 22.1 Å². The summed E-state index contributed by atoms with van der Waals surface area (Å²) in [6, 6.07) is 7.80. The molecule has 58 heavy (non-hydrogen) atoms. The summed E-state index contributed by atoms with van der Waals surface area (Å²) in [6.45, 7) is 17.6. The number of aliphatic carboxylic acids is 1. The van der Waals surface area contributed by atoms with Crippen LogP contribution in [0.2, 0.25) is 20.1 Å². The number of ether oxygens (including phenoxy) is 2. The summed E-state index contributed by atoms with van der Waals surface area (Å²) in [4.78, 5) is 27.4. The van der Waals surface area contributed by atoms with E-state index in [1.165, 1.54) is 11.4 Å². The van der Waals surface area contributed by atoms with E-state index in [0.717, 1.165) is 28.7 Å². The van der Waals surface area contributed by atoms with Crippen LogP contribution in [-0.4, -0.2) is 79.9 Å². The molecule has 10 nitrogen and oxygen atoms in total. The monoisotopic (exact) mass is 890 g/mol. The maximum Gasteiger partial charge on any atom is 0.340 e. The van der Waals surface area contributed by atoms with E-state index in [1.54, 1.807) is 6.92 Å². The number of halogens is 4. The molecule has 3 aromatic rings. The van der Waals surface area contributed by atoms with Gasteiger partial charge in [-0.2, -0.15) is 0 Å². The Kier molecular flexibility index (Phi) is 12.2.